The lowest BCUT2D eigenvalue weighted by Gasteiger charge is -2.33. The molecule has 110 valence electrons. The lowest BCUT2D eigenvalue weighted by atomic mass is 9.91. The SMILES string of the molecule is CNC1CC(c2cc(C)ccc2F)Oc2ccc(C)cc21. The Balaban J connectivity index is 2.00. The van der Waals surface area contributed by atoms with Gasteiger partial charge in [0, 0.05) is 23.6 Å². The second-order valence-corrected chi connectivity index (χ2v) is 5.75. The Morgan fingerprint density at radius 1 is 1.05 bits per heavy atom. The van der Waals surface area contributed by atoms with Crippen LogP contribution in [0.15, 0.2) is 36.4 Å². The van der Waals surface area contributed by atoms with E-state index in [1.165, 1.54) is 11.6 Å². The van der Waals surface area contributed by atoms with Crippen LogP contribution in [0.25, 0.3) is 0 Å². The van der Waals surface area contributed by atoms with Crippen LogP contribution in [-0.4, -0.2) is 7.05 Å². The van der Waals surface area contributed by atoms with Crippen LogP contribution >= 0.6 is 0 Å². The highest BCUT2D eigenvalue weighted by Gasteiger charge is 2.30. The summed E-state index contributed by atoms with van der Waals surface area (Å²) in [6.07, 6.45) is 0.477. The molecule has 2 aromatic carbocycles. The maximum absolute atomic E-state index is 14.1. The minimum Gasteiger partial charge on any atom is -0.485 e. The third-order valence-corrected chi connectivity index (χ3v) is 4.11. The average Bonchev–Trinajstić information content (AvgIpc) is 2.48. The van der Waals surface area contributed by atoms with Crippen molar-refractivity contribution < 1.29 is 9.13 Å². The van der Waals surface area contributed by atoms with Crippen LogP contribution in [0.3, 0.4) is 0 Å². The van der Waals surface area contributed by atoms with Crippen LogP contribution in [0.1, 0.15) is 40.8 Å². The van der Waals surface area contributed by atoms with Crippen molar-refractivity contribution in [3.8, 4) is 5.75 Å². The molecule has 3 heteroatoms. The van der Waals surface area contributed by atoms with Gasteiger partial charge in [0.2, 0.25) is 0 Å². The Labute approximate surface area is 125 Å². The van der Waals surface area contributed by atoms with Gasteiger partial charge in [-0.15, -0.1) is 0 Å². The van der Waals surface area contributed by atoms with E-state index in [1.54, 1.807) is 6.07 Å². The van der Waals surface area contributed by atoms with Crippen LogP contribution in [0.4, 0.5) is 4.39 Å². The zero-order chi connectivity index (χ0) is 15.0. The molecule has 0 aromatic heterocycles. The standard InChI is InChI=1S/C18H20FNO/c1-11-4-6-15(19)13(8-11)18-10-16(20-3)14-9-12(2)5-7-17(14)21-18/h4-9,16,18,20H,10H2,1-3H3. The molecule has 2 unspecified atom stereocenters. The molecule has 1 N–H and O–H groups in total. The monoisotopic (exact) mass is 285 g/mol. The van der Waals surface area contributed by atoms with Gasteiger partial charge in [-0.2, -0.15) is 0 Å². The van der Waals surface area contributed by atoms with Crippen molar-refractivity contribution in [2.75, 3.05) is 7.05 Å². The molecular weight excluding hydrogens is 265 g/mol. The zero-order valence-electron chi connectivity index (χ0n) is 12.6. The molecule has 3 rings (SSSR count). The van der Waals surface area contributed by atoms with Crippen LogP contribution in [0, 0.1) is 19.7 Å². The summed E-state index contributed by atoms with van der Waals surface area (Å²) in [5, 5.41) is 3.32. The molecule has 0 aliphatic carbocycles. The van der Waals surface area contributed by atoms with Gasteiger partial charge < -0.3 is 10.1 Å². The van der Waals surface area contributed by atoms with Crippen molar-refractivity contribution in [2.45, 2.75) is 32.4 Å². The number of nitrogens with one attached hydrogen (secondary N) is 1. The molecule has 1 aliphatic rings. The summed E-state index contributed by atoms with van der Waals surface area (Å²) >= 11 is 0. The first-order valence-corrected chi connectivity index (χ1v) is 7.29. The predicted molar refractivity (Wildman–Crippen MR) is 82.1 cm³/mol. The van der Waals surface area contributed by atoms with Crippen molar-refractivity contribution in [1.82, 2.24) is 5.32 Å². The van der Waals surface area contributed by atoms with E-state index in [0.29, 0.717) is 5.56 Å². The minimum atomic E-state index is -0.252. The van der Waals surface area contributed by atoms with E-state index in [2.05, 4.69) is 18.3 Å². The molecule has 0 radical (unpaired) electrons. The van der Waals surface area contributed by atoms with Crippen LogP contribution < -0.4 is 10.1 Å². The Morgan fingerprint density at radius 3 is 2.43 bits per heavy atom. The van der Waals surface area contributed by atoms with Gasteiger partial charge in [0.1, 0.15) is 17.7 Å². The van der Waals surface area contributed by atoms with Gasteiger partial charge >= 0.3 is 0 Å². The summed E-state index contributed by atoms with van der Waals surface area (Å²) < 4.78 is 20.2. The molecule has 2 nitrogen and oxygen atoms in total. The summed E-state index contributed by atoms with van der Waals surface area (Å²) in [5.41, 5.74) is 4.05. The molecular formula is C18H20FNO. The third kappa shape index (κ3) is 2.66. The van der Waals surface area contributed by atoms with Gasteiger partial charge in [-0.1, -0.05) is 29.3 Å². The highest BCUT2D eigenvalue weighted by Crippen LogP contribution is 2.41. The normalized spacial score (nSPS) is 20.8. The van der Waals surface area contributed by atoms with E-state index < -0.39 is 0 Å². The predicted octanol–water partition coefficient (Wildman–Crippen LogP) is 4.23. The number of aryl methyl sites for hydroxylation is 2. The quantitative estimate of drug-likeness (QED) is 0.891. The van der Waals surface area contributed by atoms with Gasteiger partial charge in [0.05, 0.1) is 0 Å². The fourth-order valence-corrected chi connectivity index (χ4v) is 2.96. The zero-order valence-corrected chi connectivity index (χ0v) is 12.6. The van der Waals surface area contributed by atoms with Crippen molar-refractivity contribution in [2.24, 2.45) is 0 Å². The maximum atomic E-state index is 14.1. The minimum absolute atomic E-state index is 0.179. The number of hydrogen-bond donors (Lipinski definition) is 1. The van der Waals surface area contributed by atoms with Gasteiger partial charge in [0.25, 0.3) is 0 Å². The van der Waals surface area contributed by atoms with E-state index in [9.17, 15) is 4.39 Å². The number of fused-ring (bicyclic) bond motifs is 1. The van der Waals surface area contributed by atoms with Crippen LogP contribution in [0.2, 0.25) is 0 Å². The first kappa shape index (κ1) is 14.1. The van der Waals surface area contributed by atoms with E-state index >= 15 is 0 Å². The molecule has 0 spiro atoms. The summed E-state index contributed by atoms with van der Waals surface area (Å²) in [4.78, 5) is 0. The van der Waals surface area contributed by atoms with Gasteiger partial charge in [-0.05, 0) is 39.1 Å². The molecule has 21 heavy (non-hydrogen) atoms. The topological polar surface area (TPSA) is 21.3 Å². The van der Waals surface area contributed by atoms with Crippen LogP contribution in [-0.2, 0) is 0 Å². The maximum Gasteiger partial charge on any atom is 0.130 e. The third-order valence-electron chi connectivity index (χ3n) is 4.11. The second kappa shape index (κ2) is 5.49. The number of rotatable bonds is 2. The summed E-state index contributed by atoms with van der Waals surface area (Å²) in [6.45, 7) is 4.04. The van der Waals surface area contributed by atoms with Gasteiger partial charge in [-0.3, -0.25) is 0 Å². The molecule has 0 amide bonds. The smallest absolute Gasteiger partial charge is 0.130 e. The van der Waals surface area contributed by atoms with Gasteiger partial charge in [0.15, 0.2) is 0 Å². The number of halogens is 1. The van der Waals surface area contributed by atoms with E-state index in [1.807, 2.05) is 32.2 Å². The lowest BCUT2D eigenvalue weighted by molar-refractivity contribution is 0.150. The second-order valence-electron chi connectivity index (χ2n) is 5.75. The Morgan fingerprint density at radius 2 is 1.71 bits per heavy atom. The van der Waals surface area contributed by atoms with Crippen molar-refractivity contribution >= 4 is 0 Å². The summed E-state index contributed by atoms with van der Waals surface area (Å²) in [7, 11) is 1.94. The molecule has 2 aromatic rings. The molecule has 1 aliphatic heterocycles. The summed E-state index contributed by atoms with van der Waals surface area (Å²) in [5.74, 6) is 0.646. The molecule has 1 heterocycles. The molecule has 0 fully saturated rings. The molecule has 0 saturated heterocycles. The first-order chi connectivity index (χ1) is 10.1. The van der Waals surface area contributed by atoms with Crippen molar-refractivity contribution in [3.05, 3.63) is 64.5 Å². The van der Waals surface area contributed by atoms with E-state index in [4.69, 9.17) is 4.74 Å². The van der Waals surface area contributed by atoms with Crippen molar-refractivity contribution in [3.63, 3.8) is 0 Å². The fraction of sp³-hybridized carbons (Fsp3) is 0.333. The average molecular weight is 285 g/mol. The molecule has 2 atom stereocenters. The number of benzene rings is 2. The van der Waals surface area contributed by atoms with Gasteiger partial charge in [-0.25, -0.2) is 4.39 Å². The molecule has 0 saturated carbocycles. The lowest BCUT2D eigenvalue weighted by Crippen LogP contribution is -2.27. The highest BCUT2D eigenvalue weighted by molar-refractivity contribution is 5.42. The Bertz CT molecular complexity index is 668. The molecule has 0 bridgehead atoms. The van der Waals surface area contributed by atoms with E-state index in [-0.39, 0.29) is 18.0 Å². The first-order valence-electron chi connectivity index (χ1n) is 7.29. The van der Waals surface area contributed by atoms with E-state index in [0.717, 1.165) is 23.3 Å². The highest BCUT2D eigenvalue weighted by atomic mass is 19.1. The largest absolute Gasteiger partial charge is 0.485 e. The number of ether oxygens (including phenoxy) is 1. The Kier molecular flexibility index (Phi) is 3.68. The summed E-state index contributed by atoms with van der Waals surface area (Å²) in [6, 6.07) is 11.5. The Hall–Kier alpha value is -1.87. The van der Waals surface area contributed by atoms with Crippen molar-refractivity contribution in [1.29, 1.82) is 0 Å². The number of hydrogen-bond acceptors (Lipinski definition) is 2. The van der Waals surface area contributed by atoms with Crippen LogP contribution in [0.5, 0.6) is 5.75 Å². The fourth-order valence-electron chi connectivity index (χ4n) is 2.96.